The molecule has 1 aromatic rings. The Kier molecular flexibility index (Phi) is 2.44. The number of carbonyl (C=O) groups is 1. The molecule has 5 nitrogen and oxygen atoms in total. The summed E-state index contributed by atoms with van der Waals surface area (Å²) >= 11 is 1.27. The van der Waals surface area contributed by atoms with Crippen LogP contribution in [0.2, 0.25) is 0 Å². The number of methoxy groups -OCH3 is 1. The van der Waals surface area contributed by atoms with E-state index in [0.29, 0.717) is 0 Å². The molecular weight excluding hydrogens is 238 g/mol. The molecule has 6 heteroatoms. The summed E-state index contributed by atoms with van der Waals surface area (Å²) in [7, 11) is 1.64. The van der Waals surface area contributed by atoms with Gasteiger partial charge in [0.05, 0.1) is 18.4 Å². The predicted molar refractivity (Wildman–Crippen MR) is 66.2 cm³/mol. The van der Waals surface area contributed by atoms with Crippen molar-refractivity contribution in [2.45, 2.75) is 11.3 Å². The SMILES string of the molecule is COc1ccc([C@@H]2NN=C3NC(=O)S[C@@H]32)cc1. The van der Waals surface area contributed by atoms with Crippen LogP contribution in [-0.2, 0) is 0 Å². The van der Waals surface area contributed by atoms with Crippen LogP contribution >= 0.6 is 11.8 Å². The topological polar surface area (TPSA) is 62.7 Å². The third kappa shape index (κ3) is 1.74. The van der Waals surface area contributed by atoms with E-state index in [1.807, 2.05) is 24.3 Å². The molecule has 2 N–H and O–H groups in total. The highest BCUT2D eigenvalue weighted by molar-refractivity contribution is 8.15. The number of nitrogens with one attached hydrogen (secondary N) is 2. The van der Waals surface area contributed by atoms with Crippen LogP contribution in [0, 0.1) is 0 Å². The number of nitrogens with zero attached hydrogens (tertiary/aromatic N) is 1. The fraction of sp³-hybridized carbons (Fsp3) is 0.273. The molecule has 0 radical (unpaired) electrons. The molecule has 0 unspecified atom stereocenters. The van der Waals surface area contributed by atoms with Crippen molar-refractivity contribution in [3.8, 4) is 5.75 Å². The summed E-state index contributed by atoms with van der Waals surface area (Å²) in [4.78, 5) is 11.3. The van der Waals surface area contributed by atoms with Crippen LogP contribution in [0.3, 0.4) is 0 Å². The zero-order chi connectivity index (χ0) is 11.8. The van der Waals surface area contributed by atoms with E-state index in [-0.39, 0.29) is 16.5 Å². The van der Waals surface area contributed by atoms with Gasteiger partial charge in [-0.3, -0.25) is 10.2 Å². The highest BCUT2D eigenvalue weighted by Gasteiger charge is 2.41. The number of rotatable bonds is 2. The molecule has 0 saturated carbocycles. The van der Waals surface area contributed by atoms with Gasteiger partial charge in [0, 0.05) is 0 Å². The van der Waals surface area contributed by atoms with Crippen molar-refractivity contribution in [3.05, 3.63) is 29.8 Å². The maximum Gasteiger partial charge on any atom is 0.285 e. The zero-order valence-electron chi connectivity index (χ0n) is 9.14. The van der Waals surface area contributed by atoms with Crippen LogP contribution in [0.5, 0.6) is 5.75 Å². The van der Waals surface area contributed by atoms with Crippen molar-refractivity contribution >= 4 is 22.8 Å². The standard InChI is InChI=1S/C11H11N3O2S/c1-16-7-4-2-6(3-5-7)8-9-10(14-13-8)12-11(15)17-9/h2-5,8-9,13H,1H3,(H,12,14,15)/t8-,9+/m0/s1. The molecule has 2 heterocycles. The molecule has 2 atom stereocenters. The third-order valence-electron chi connectivity index (χ3n) is 2.84. The van der Waals surface area contributed by atoms with Crippen molar-refractivity contribution in [1.82, 2.24) is 10.7 Å². The van der Waals surface area contributed by atoms with Crippen LogP contribution in [0.4, 0.5) is 4.79 Å². The number of amidine groups is 1. The number of fused-ring (bicyclic) bond motifs is 1. The van der Waals surface area contributed by atoms with Gasteiger partial charge >= 0.3 is 0 Å². The summed E-state index contributed by atoms with van der Waals surface area (Å²) in [6, 6.07) is 7.82. The van der Waals surface area contributed by atoms with Gasteiger partial charge in [0.25, 0.3) is 5.24 Å². The summed E-state index contributed by atoms with van der Waals surface area (Å²) in [6.07, 6.45) is 0. The summed E-state index contributed by atoms with van der Waals surface area (Å²) < 4.78 is 5.11. The van der Waals surface area contributed by atoms with Gasteiger partial charge in [-0.05, 0) is 17.7 Å². The van der Waals surface area contributed by atoms with Crippen molar-refractivity contribution in [2.75, 3.05) is 7.11 Å². The second kappa shape index (κ2) is 3.96. The number of hydrazone groups is 1. The Morgan fingerprint density at radius 1 is 1.35 bits per heavy atom. The van der Waals surface area contributed by atoms with Gasteiger partial charge in [0.2, 0.25) is 0 Å². The van der Waals surface area contributed by atoms with Crippen LogP contribution in [0.15, 0.2) is 29.4 Å². The summed E-state index contributed by atoms with van der Waals surface area (Å²) in [5.41, 5.74) is 4.14. The highest BCUT2D eigenvalue weighted by Crippen LogP contribution is 2.35. The highest BCUT2D eigenvalue weighted by atomic mass is 32.2. The Morgan fingerprint density at radius 2 is 2.12 bits per heavy atom. The van der Waals surface area contributed by atoms with Crippen LogP contribution in [0.25, 0.3) is 0 Å². The Morgan fingerprint density at radius 3 is 2.82 bits per heavy atom. The van der Waals surface area contributed by atoms with Gasteiger partial charge in [0.1, 0.15) is 11.6 Å². The first kappa shape index (κ1) is 10.5. The van der Waals surface area contributed by atoms with E-state index >= 15 is 0 Å². The van der Waals surface area contributed by atoms with Crippen molar-refractivity contribution in [3.63, 3.8) is 0 Å². The summed E-state index contributed by atoms with van der Waals surface area (Å²) in [5, 5.41) is 6.87. The lowest BCUT2D eigenvalue weighted by Gasteiger charge is -2.15. The molecule has 2 aliphatic heterocycles. The molecule has 1 saturated heterocycles. The van der Waals surface area contributed by atoms with E-state index in [0.717, 1.165) is 17.1 Å². The maximum atomic E-state index is 11.3. The first-order valence-electron chi connectivity index (χ1n) is 5.22. The summed E-state index contributed by atoms with van der Waals surface area (Å²) in [5.74, 6) is 1.54. The predicted octanol–water partition coefficient (Wildman–Crippen LogP) is 1.48. The van der Waals surface area contributed by atoms with Crippen LogP contribution in [-0.4, -0.2) is 23.4 Å². The number of ether oxygens (including phenoxy) is 1. The molecule has 0 aromatic heterocycles. The molecule has 1 amide bonds. The zero-order valence-corrected chi connectivity index (χ0v) is 9.95. The number of hydrogen-bond acceptors (Lipinski definition) is 5. The number of amides is 1. The number of hydrogen-bond donors (Lipinski definition) is 2. The van der Waals surface area contributed by atoms with E-state index in [2.05, 4.69) is 15.8 Å². The summed E-state index contributed by atoms with van der Waals surface area (Å²) in [6.45, 7) is 0. The Balaban J connectivity index is 1.83. The molecule has 1 aromatic carbocycles. The molecule has 3 rings (SSSR count). The lowest BCUT2D eigenvalue weighted by atomic mass is 10.0. The Hall–Kier alpha value is -1.69. The fourth-order valence-electron chi connectivity index (χ4n) is 1.96. The van der Waals surface area contributed by atoms with Crippen LogP contribution < -0.4 is 15.5 Å². The number of thioether (sulfide) groups is 1. The minimum Gasteiger partial charge on any atom is -0.497 e. The van der Waals surface area contributed by atoms with Gasteiger partial charge in [-0.15, -0.1) is 0 Å². The molecular formula is C11H11N3O2S. The quantitative estimate of drug-likeness (QED) is 0.833. The normalized spacial score (nSPS) is 25.9. The molecule has 88 valence electrons. The average Bonchev–Trinajstić information content (AvgIpc) is 2.88. The maximum absolute atomic E-state index is 11.3. The van der Waals surface area contributed by atoms with Crippen LogP contribution in [0.1, 0.15) is 11.6 Å². The van der Waals surface area contributed by atoms with E-state index in [9.17, 15) is 4.79 Å². The molecule has 17 heavy (non-hydrogen) atoms. The molecule has 2 aliphatic rings. The van der Waals surface area contributed by atoms with E-state index in [1.165, 1.54) is 11.8 Å². The smallest absolute Gasteiger partial charge is 0.285 e. The van der Waals surface area contributed by atoms with E-state index in [1.54, 1.807) is 7.11 Å². The molecule has 0 bridgehead atoms. The third-order valence-corrected chi connectivity index (χ3v) is 3.90. The molecule has 0 aliphatic carbocycles. The molecule has 1 fully saturated rings. The Labute approximate surface area is 103 Å². The number of carbonyl (C=O) groups excluding carboxylic acids is 1. The van der Waals surface area contributed by atoms with Crippen molar-refractivity contribution in [1.29, 1.82) is 0 Å². The molecule has 0 spiro atoms. The second-order valence-electron chi connectivity index (χ2n) is 3.83. The van der Waals surface area contributed by atoms with Crippen molar-refractivity contribution in [2.24, 2.45) is 5.10 Å². The number of benzene rings is 1. The lowest BCUT2D eigenvalue weighted by Crippen LogP contribution is -2.25. The lowest BCUT2D eigenvalue weighted by molar-refractivity contribution is 0.265. The largest absolute Gasteiger partial charge is 0.497 e. The minimum atomic E-state index is -0.0336. The monoisotopic (exact) mass is 249 g/mol. The van der Waals surface area contributed by atoms with Crippen molar-refractivity contribution < 1.29 is 9.53 Å². The van der Waals surface area contributed by atoms with E-state index in [4.69, 9.17) is 4.74 Å². The van der Waals surface area contributed by atoms with Gasteiger partial charge in [0.15, 0.2) is 0 Å². The first-order chi connectivity index (χ1) is 8.28. The fourth-order valence-corrected chi connectivity index (χ4v) is 2.93. The second-order valence-corrected chi connectivity index (χ2v) is 4.94. The first-order valence-corrected chi connectivity index (χ1v) is 6.10. The minimum absolute atomic E-state index is 0.0336. The van der Waals surface area contributed by atoms with Gasteiger partial charge in [-0.2, -0.15) is 5.10 Å². The van der Waals surface area contributed by atoms with Gasteiger partial charge in [-0.1, -0.05) is 23.9 Å². The average molecular weight is 249 g/mol. The Bertz CT molecular complexity index is 486. The van der Waals surface area contributed by atoms with Gasteiger partial charge in [-0.25, -0.2) is 0 Å². The van der Waals surface area contributed by atoms with Gasteiger partial charge < -0.3 is 10.1 Å². The van der Waals surface area contributed by atoms with E-state index < -0.39 is 0 Å².